The maximum absolute atomic E-state index is 13.1. The first-order chi connectivity index (χ1) is 10.3. The fourth-order valence-corrected chi connectivity index (χ4v) is 4.97. The van der Waals surface area contributed by atoms with Gasteiger partial charge >= 0.3 is 0 Å². The lowest BCUT2D eigenvalue weighted by atomic mass is 9.51. The summed E-state index contributed by atoms with van der Waals surface area (Å²) in [6, 6.07) is 0. The van der Waals surface area contributed by atoms with Gasteiger partial charge in [0.2, 0.25) is 0 Å². The highest BCUT2D eigenvalue weighted by molar-refractivity contribution is 6.05. The van der Waals surface area contributed by atoms with Gasteiger partial charge in [0.15, 0.2) is 5.78 Å². The van der Waals surface area contributed by atoms with Crippen LogP contribution in [0.2, 0.25) is 0 Å². The van der Waals surface area contributed by atoms with Crippen molar-refractivity contribution in [3.8, 4) is 0 Å². The molecule has 0 aromatic rings. The van der Waals surface area contributed by atoms with E-state index in [0.29, 0.717) is 11.8 Å². The molecule has 0 saturated heterocycles. The van der Waals surface area contributed by atoms with Crippen LogP contribution in [0.4, 0.5) is 0 Å². The van der Waals surface area contributed by atoms with Gasteiger partial charge in [-0.05, 0) is 63.0 Å². The topological polar surface area (TPSA) is 17.1 Å². The number of ketones is 1. The van der Waals surface area contributed by atoms with E-state index >= 15 is 0 Å². The van der Waals surface area contributed by atoms with Crippen molar-refractivity contribution in [2.75, 3.05) is 0 Å². The quantitative estimate of drug-likeness (QED) is 0.609. The first-order valence-electron chi connectivity index (χ1n) is 8.23. The van der Waals surface area contributed by atoms with Crippen LogP contribution >= 0.6 is 0 Å². The van der Waals surface area contributed by atoms with Crippen LogP contribution < -0.4 is 0 Å². The van der Waals surface area contributed by atoms with Crippen molar-refractivity contribution in [2.24, 2.45) is 23.2 Å². The third-order valence-electron chi connectivity index (χ3n) is 6.18. The van der Waals surface area contributed by atoms with Crippen LogP contribution in [0, 0.1) is 23.2 Å². The Balaban J connectivity index is 2.18. The first-order valence-corrected chi connectivity index (χ1v) is 8.23. The highest BCUT2D eigenvalue weighted by atomic mass is 16.1. The summed E-state index contributed by atoms with van der Waals surface area (Å²) in [6.45, 7) is 19.1. The third-order valence-corrected chi connectivity index (χ3v) is 6.18. The molecule has 3 aliphatic rings. The molecule has 3 rings (SSSR count). The molecular formula is C21H26O. The van der Waals surface area contributed by atoms with Crippen molar-refractivity contribution in [2.45, 2.75) is 40.0 Å². The van der Waals surface area contributed by atoms with E-state index in [2.05, 4.69) is 45.7 Å². The molecule has 0 aromatic carbocycles. The molecule has 0 amide bonds. The van der Waals surface area contributed by atoms with Crippen LogP contribution in [0.25, 0.3) is 0 Å². The number of fused-ring (bicyclic) bond motifs is 2. The maximum atomic E-state index is 13.1. The molecule has 0 aromatic heterocycles. The van der Waals surface area contributed by atoms with Crippen LogP contribution in [0.15, 0.2) is 59.8 Å². The molecule has 4 atom stereocenters. The van der Waals surface area contributed by atoms with Gasteiger partial charge in [-0.15, -0.1) is 0 Å². The Morgan fingerprint density at radius 2 is 1.95 bits per heavy atom. The highest BCUT2D eigenvalue weighted by Gasteiger charge is 2.57. The van der Waals surface area contributed by atoms with Gasteiger partial charge in [-0.25, -0.2) is 0 Å². The summed E-state index contributed by atoms with van der Waals surface area (Å²) in [5.74, 6) is 1.24. The van der Waals surface area contributed by atoms with Crippen molar-refractivity contribution < 1.29 is 4.79 Å². The summed E-state index contributed by atoms with van der Waals surface area (Å²) in [6.07, 6.45) is 7.31. The molecule has 116 valence electrons. The Morgan fingerprint density at radius 1 is 1.27 bits per heavy atom. The molecule has 1 spiro atoms. The SMILES string of the molecule is C=C(C)[C@@H]1CCC(=C)[C@H]2[C@@H]1C=C(C)C(=C)[C@@]21CC=C(C)C1=O. The van der Waals surface area contributed by atoms with Crippen molar-refractivity contribution in [3.05, 3.63) is 59.8 Å². The van der Waals surface area contributed by atoms with Crippen LogP contribution in [0.5, 0.6) is 0 Å². The Kier molecular flexibility index (Phi) is 3.43. The highest BCUT2D eigenvalue weighted by Crippen LogP contribution is 2.60. The molecule has 0 unspecified atom stereocenters. The Labute approximate surface area is 134 Å². The van der Waals surface area contributed by atoms with E-state index in [1.807, 2.05) is 6.92 Å². The van der Waals surface area contributed by atoms with Crippen molar-refractivity contribution in [1.29, 1.82) is 0 Å². The lowest BCUT2D eigenvalue weighted by molar-refractivity contribution is -0.125. The smallest absolute Gasteiger partial charge is 0.169 e. The monoisotopic (exact) mass is 294 g/mol. The molecule has 3 aliphatic carbocycles. The van der Waals surface area contributed by atoms with E-state index < -0.39 is 5.41 Å². The Hall–Kier alpha value is -1.63. The standard InChI is InChI=1S/C21H26O/c1-12(2)17-8-7-13(3)19-18(17)11-15(5)16(6)21(19)10-9-14(4)20(21)22/h9,11,17-19H,1,3,6-8,10H2,2,4-5H3/t17-,18+,19-,21-/m0/s1. The van der Waals surface area contributed by atoms with E-state index in [-0.39, 0.29) is 11.7 Å². The van der Waals surface area contributed by atoms with Gasteiger partial charge in [0, 0.05) is 5.92 Å². The number of rotatable bonds is 1. The number of carbonyl (C=O) groups is 1. The largest absolute Gasteiger partial charge is 0.294 e. The lowest BCUT2D eigenvalue weighted by Gasteiger charge is -2.51. The summed E-state index contributed by atoms with van der Waals surface area (Å²) in [5.41, 5.74) is 5.06. The molecule has 0 radical (unpaired) electrons. The van der Waals surface area contributed by atoms with E-state index in [0.717, 1.165) is 30.4 Å². The zero-order chi connectivity index (χ0) is 16.2. The molecule has 22 heavy (non-hydrogen) atoms. The average molecular weight is 294 g/mol. The minimum Gasteiger partial charge on any atom is -0.294 e. The normalized spacial score (nSPS) is 38.0. The van der Waals surface area contributed by atoms with Gasteiger partial charge in [-0.3, -0.25) is 4.79 Å². The average Bonchev–Trinajstić information content (AvgIpc) is 2.74. The van der Waals surface area contributed by atoms with Gasteiger partial charge in [-0.1, -0.05) is 48.6 Å². The van der Waals surface area contributed by atoms with Crippen LogP contribution in [-0.4, -0.2) is 5.78 Å². The zero-order valence-electron chi connectivity index (χ0n) is 14.0. The lowest BCUT2D eigenvalue weighted by Crippen LogP contribution is -2.48. The van der Waals surface area contributed by atoms with E-state index in [9.17, 15) is 4.79 Å². The van der Waals surface area contributed by atoms with E-state index in [1.54, 1.807) is 0 Å². The predicted molar refractivity (Wildman–Crippen MR) is 92.4 cm³/mol. The second-order valence-corrected chi connectivity index (χ2v) is 7.42. The Bertz CT molecular complexity index is 657. The van der Waals surface area contributed by atoms with Crippen molar-refractivity contribution >= 4 is 5.78 Å². The van der Waals surface area contributed by atoms with Crippen molar-refractivity contribution in [3.63, 3.8) is 0 Å². The fraction of sp³-hybridized carbons (Fsp3) is 0.476. The number of carbonyl (C=O) groups excluding carboxylic acids is 1. The van der Waals surface area contributed by atoms with Crippen molar-refractivity contribution in [1.82, 2.24) is 0 Å². The van der Waals surface area contributed by atoms with E-state index in [4.69, 9.17) is 0 Å². The molecule has 0 heterocycles. The maximum Gasteiger partial charge on any atom is 0.169 e. The molecule has 0 N–H and O–H groups in total. The minimum absolute atomic E-state index is 0.181. The molecule has 1 heteroatoms. The first kappa shape index (κ1) is 15.3. The molecule has 1 saturated carbocycles. The van der Waals surface area contributed by atoms with Gasteiger partial charge in [-0.2, -0.15) is 0 Å². The number of Topliss-reactive ketones (excluding diaryl/α,β-unsaturated/α-hetero) is 1. The van der Waals surface area contributed by atoms with Crippen LogP contribution in [0.3, 0.4) is 0 Å². The summed E-state index contributed by atoms with van der Waals surface area (Å²) in [4.78, 5) is 13.1. The molecule has 0 bridgehead atoms. The number of hydrogen-bond acceptors (Lipinski definition) is 1. The zero-order valence-corrected chi connectivity index (χ0v) is 14.0. The molecule has 1 fully saturated rings. The molecule has 1 nitrogen and oxygen atoms in total. The molecule has 0 aliphatic heterocycles. The number of hydrogen-bond donors (Lipinski definition) is 0. The summed E-state index contributed by atoms with van der Waals surface area (Å²) >= 11 is 0. The predicted octanol–water partition coefficient (Wildman–Crippen LogP) is 5.18. The van der Waals surface area contributed by atoms with Crippen LogP contribution in [0.1, 0.15) is 40.0 Å². The van der Waals surface area contributed by atoms with Gasteiger partial charge < -0.3 is 0 Å². The van der Waals surface area contributed by atoms with Crippen LogP contribution in [-0.2, 0) is 4.79 Å². The third kappa shape index (κ3) is 1.81. The fourth-order valence-electron chi connectivity index (χ4n) is 4.97. The van der Waals surface area contributed by atoms with Gasteiger partial charge in [0.05, 0.1) is 5.41 Å². The summed E-state index contributed by atoms with van der Waals surface area (Å²) < 4.78 is 0. The Morgan fingerprint density at radius 3 is 2.50 bits per heavy atom. The second-order valence-electron chi connectivity index (χ2n) is 7.42. The van der Waals surface area contributed by atoms with Gasteiger partial charge in [0.1, 0.15) is 0 Å². The number of allylic oxidation sites excluding steroid dienone is 7. The van der Waals surface area contributed by atoms with E-state index in [1.165, 1.54) is 16.7 Å². The van der Waals surface area contributed by atoms with Gasteiger partial charge in [0.25, 0.3) is 0 Å². The summed E-state index contributed by atoms with van der Waals surface area (Å²) in [7, 11) is 0. The summed E-state index contributed by atoms with van der Waals surface area (Å²) in [5, 5.41) is 0. The molecular weight excluding hydrogens is 268 g/mol. The minimum atomic E-state index is -0.473. The second kappa shape index (κ2) is 4.94.